The van der Waals surface area contributed by atoms with Gasteiger partial charge in [0.15, 0.2) is 0 Å². The molecule has 0 aliphatic carbocycles. The Labute approximate surface area is 134 Å². The van der Waals surface area contributed by atoms with Crippen LogP contribution in [-0.4, -0.2) is 20.6 Å². The molecule has 0 radical (unpaired) electrons. The Morgan fingerprint density at radius 1 is 1.52 bits per heavy atom. The third-order valence-electron chi connectivity index (χ3n) is 2.76. The first-order valence-electron chi connectivity index (χ1n) is 6.29. The van der Waals surface area contributed by atoms with E-state index in [9.17, 15) is 14.9 Å². The normalized spacial score (nSPS) is 10.4. The molecule has 110 valence electrons. The smallest absolute Gasteiger partial charge is 0.283 e. The molecule has 7 nitrogen and oxygen atoms in total. The number of nitro groups is 1. The Kier molecular flexibility index (Phi) is 4.89. The van der Waals surface area contributed by atoms with Gasteiger partial charge in [-0.1, -0.05) is 13.0 Å². The molecule has 0 fully saturated rings. The standard InChI is InChI=1S/C13H13IN4O3/c1-2-6-17-8-9(7-15-17)16-13(19)10-4-3-5-11(12(10)14)18(20)21/h3-5,7-8H,2,6H2,1H3,(H,16,19). The number of nitrogens with one attached hydrogen (secondary N) is 1. The lowest BCUT2D eigenvalue weighted by atomic mass is 10.2. The van der Waals surface area contributed by atoms with Gasteiger partial charge >= 0.3 is 0 Å². The van der Waals surface area contributed by atoms with Crippen LogP contribution < -0.4 is 5.32 Å². The fourth-order valence-corrected chi connectivity index (χ4v) is 2.62. The highest BCUT2D eigenvalue weighted by atomic mass is 127. The molecule has 1 aromatic carbocycles. The highest BCUT2D eigenvalue weighted by molar-refractivity contribution is 14.1. The molecular weight excluding hydrogens is 387 g/mol. The molecule has 0 aliphatic heterocycles. The maximum absolute atomic E-state index is 12.2. The predicted molar refractivity (Wildman–Crippen MR) is 86.3 cm³/mol. The van der Waals surface area contributed by atoms with Gasteiger partial charge in [-0.15, -0.1) is 0 Å². The van der Waals surface area contributed by atoms with Crippen molar-refractivity contribution in [2.24, 2.45) is 0 Å². The largest absolute Gasteiger partial charge is 0.319 e. The van der Waals surface area contributed by atoms with Crippen LogP contribution in [0.4, 0.5) is 11.4 Å². The van der Waals surface area contributed by atoms with Gasteiger partial charge in [0.1, 0.15) is 3.57 Å². The number of carbonyl (C=O) groups excluding carboxylic acids is 1. The molecule has 1 heterocycles. The minimum absolute atomic E-state index is 0.0788. The Balaban J connectivity index is 2.20. The second-order valence-electron chi connectivity index (χ2n) is 4.34. The van der Waals surface area contributed by atoms with Crippen molar-refractivity contribution in [2.75, 3.05) is 5.32 Å². The number of aryl methyl sites for hydroxylation is 1. The highest BCUT2D eigenvalue weighted by Crippen LogP contribution is 2.24. The highest BCUT2D eigenvalue weighted by Gasteiger charge is 2.19. The van der Waals surface area contributed by atoms with Crippen LogP contribution >= 0.6 is 22.6 Å². The number of amides is 1. The summed E-state index contributed by atoms with van der Waals surface area (Å²) in [6, 6.07) is 4.42. The number of aromatic nitrogens is 2. The number of halogens is 1. The average Bonchev–Trinajstić information content (AvgIpc) is 2.86. The van der Waals surface area contributed by atoms with Crippen LogP contribution in [0, 0.1) is 13.7 Å². The van der Waals surface area contributed by atoms with Gasteiger partial charge < -0.3 is 5.32 Å². The molecule has 0 saturated carbocycles. The van der Waals surface area contributed by atoms with E-state index >= 15 is 0 Å². The summed E-state index contributed by atoms with van der Waals surface area (Å²) in [5, 5.41) is 17.7. The van der Waals surface area contributed by atoms with E-state index in [0.717, 1.165) is 13.0 Å². The van der Waals surface area contributed by atoms with Gasteiger partial charge in [0.05, 0.1) is 22.4 Å². The molecule has 21 heavy (non-hydrogen) atoms. The lowest BCUT2D eigenvalue weighted by Crippen LogP contribution is -2.13. The molecule has 1 amide bonds. The summed E-state index contributed by atoms with van der Waals surface area (Å²) < 4.78 is 2.05. The molecule has 0 saturated heterocycles. The van der Waals surface area contributed by atoms with E-state index in [4.69, 9.17) is 0 Å². The Bertz CT molecular complexity index is 684. The minimum atomic E-state index is -0.502. The van der Waals surface area contributed by atoms with Crippen LogP contribution in [0.15, 0.2) is 30.6 Å². The van der Waals surface area contributed by atoms with Gasteiger partial charge in [0.2, 0.25) is 0 Å². The van der Waals surface area contributed by atoms with Crippen LogP contribution in [-0.2, 0) is 6.54 Å². The molecule has 0 spiro atoms. The van der Waals surface area contributed by atoms with Crippen LogP contribution in [0.1, 0.15) is 23.7 Å². The fraction of sp³-hybridized carbons (Fsp3) is 0.231. The fourth-order valence-electron chi connectivity index (χ4n) is 1.81. The van der Waals surface area contributed by atoms with E-state index in [1.165, 1.54) is 12.1 Å². The Morgan fingerprint density at radius 2 is 2.29 bits per heavy atom. The van der Waals surface area contributed by atoms with E-state index < -0.39 is 4.92 Å². The van der Waals surface area contributed by atoms with Crippen molar-refractivity contribution in [1.82, 2.24) is 9.78 Å². The van der Waals surface area contributed by atoms with Crippen LogP contribution in [0.25, 0.3) is 0 Å². The average molecular weight is 400 g/mol. The number of benzene rings is 1. The molecule has 0 unspecified atom stereocenters. The van der Waals surface area contributed by atoms with Crippen molar-refractivity contribution in [2.45, 2.75) is 19.9 Å². The first-order chi connectivity index (χ1) is 10.0. The Morgan fingerprint density at radius 3 is 2.95 bits per heavy atom. The van der Waals surface area contributed by atoms with Gasteiger partial charge in [-0.25, -0.2) is 0 Å². The third-order valence-corrected chi connectivity index (χ3v) is 3.90. The number of carbonyl (C=O) groups is 1. The second kappa shape index (κ2) is 6.66. The zero-order valence-corrected chi connectivity index (χ0v) is 13.4. The van der Waals surface area contributed by atoms with Gasteiger partial charge in [0, 0.05) is 18.8 Å². The quantitative estimate of drug-likeness (QED) is 0.475. The summed E-state index contributed by atoms with van der Waals surface area (Å²) in [6.07, 6.45) is 4.22. The molecule has 2 aromatic rings. The van der Waals surface area contributed by atoms with E-state index in [0.29, 0.717) is 9.26 Å². The summed E-state index contributed by atoms with van der Waals surface area (Å²) in [6.45, 7) is 2.80. The molecule has 0 bridgehead atoms. The number of hydrogen-bond donors (Lipinski definition) is 1. The summed E-state index contributed by atoms with van der Waals surface area (Å²) in [4.78, 5) is 22.6. The van der Waals surface area contributed by atoms with Crippen LogP contribution in [0.5, 0.6) is 0 Å². The van der Waals surface area contributed by atoms with Gasteiger partial charge in [-0.3, -0.25) is 19.6 Å². The van der Waals surface area contributed by atoms with Gasteiger partial charge in [-0.2, -0.15) is 5.10 Å². The van der Waals surface area contributed by atoms with Crippen molar-refractivity contribution in [3.05, 3.63) is 49.8 Å². The first kappa shape index (κ1) is 15.4. The Hall–Kier alpha value is -1.97. The van der Waals surface area contributed by atoms with E-state index in [1.807, 2.05) is 29.5 Å². The molecule has 0 atom stereocenters. The molecule has 1 N–H and O–H groups in total. The molecular formula is C13H13IN4O3. The lowest BCUT2D eigenvalue weighted by molar-refractivity contribution is -0.385. The van der Waals surface area contributed by atoms with Crippen LogP contribution in [0.2, 0.25) is 0 Å². The zero-order chi connectivity index (χ0) is 15.4. The van der Waals surface area contributed by atoms with E-state index in [2.05, 4.69) is 10.4 Å². The van der Waals surface area contributed by atoms with Gasteiger partial charge in [0.25, 0.3) is 11.6 Å². The lowest BCUT2D eigenvalue weighted by Gasteiger charge is -2.05. The number of anilines is 1. The number of rotatable bonds is 5. The zero-order valence-electron chi connectivity index (χ0n) is 11.2. The van der Waals surface area contributed by atoms with Crippen molar-refractivity contribution in [1.29, 1.82) is 0 Å². The van der Waals surface area contributed by atoms with Crippen molar-refractivity contribution < 1.29 is 9.72 Å². The summed E-state index contributed by atoms with van der Waals surface area (Å²) >= 11 is 1.81. The summed E-state index contributed by atoms with van der Waals surface area (Å²) in [5.74, 6) is -0.390. The number of hydrogen-bond acceptors (Lipinski definition) is 4. The molecule has 2 rings (SSSR count). The number of nitro benzene ring substituents is 1. The summed E-state index contributed by atoms with van der Waals surface area (Å²) in [5.41, 5.74) is 0.758. The summed E-state index contributed by atoms with van der Waals surface area (Å²) in [7, 11) is 0. The van der Waals surface area contributed by atoms with E-state index in [-0.39, 0.29) is 17.2 Å². The van der Waals surface area contributed by atoms with E-state index in [1.54, 1.807) is 23.1 Å². The maximum atomic E-state index is 12.2. The molecule has 1 aromatic heterocycles. The topological polar surface area (TPSA) is 90.1 Å². The SMILES string of the molecule is CCCn1cc(NC(=O)c2cccc([N+](=O)[O-])c2I)cn1. The van der Waals surface area contributed by atoms with Crippen molar-refractivity contribution >= 4 is 39.9 Å². The maximum Gasteiger partial charge on any atom is 0.283 e. The second-order valence-corrected chi connectivity index (χ2v) is 5.42. The molecule has 8 heteroatoms. The van der Waals surface area contributed by atoms with Gasteiger partial charge in [-0.05, 0) is 35.1 Å². The van der Waals surface area contributed by atoms with Crippen LogP contribution in [0.3, 0.4) is 0 Å². The molecule has 0 aliphatic rings. The van der Waals surface area contributed by atoms with Crippen molar-refractivity contribution in [3.63, 3.8) is 0 Å². The first-order valence-corrected chi connectivity index (χ1v) is 7.37. The predicted octanol–water partition coefficient (Wildman–Crippen LogP) is 3.06. The van der Waals surface area contributed by atoms with Crippen molar-refractivity contribution in [3.8, 4) is 0 Å². The monoisotopic (exact) mass is 400 g/mol. The number of nitrogens with zero attached hydrogens (tertiary/aromatic N) is 3. The minimum Gasteiger partial charge on any atom is -0.319 e. The third kappa shape index (κ3) is 3.57.